The molecule has 1 heterocycles. The molecule has 1 aliphatic heterocycles. The van der Waals surface area contributed by atoms with E-state index in [1.165, 1.54) is 23.5 Å². The Morgan fingerprint density at radius 2 is 1.88 bits per heavy atom. The van der Waals surface area contributed by atoms with Crippen molar-refractivity contribution < 1.29 is 0 Å². The fourth-order valence-corrected chi connectivity index (χ4v) is 4.65. The second-order valence-corrected chi connectivity index (χ2v) is 7.66. The molecule has 86 valence electrons. The van der Waals surface area contributed by atoms with E-state index in [-0.39, 0.29) is 0 Å². The summed E-state index contributed by atoms with van der Waals surface area (Å²) in [6.07, 6.45) is 7.09. The minimum absolute atomic E-state index is 0.406. The molecule has 0 saturated carbocycles. The van der Waals surface area contributed by atoms with Gasteiger partial charge < -0.3 is 0 Å². The van der Waals surface area contributed by atoms with E-state index in [0.29, 0.717) is 4.08 Å². The molecule has 0 aliphatic carbocycles. The van der Waals surface area contributed by atoms with Crippen LogP contribution in [0.4, 0.5) is 0 Å². The summed E-state index contributed by atoms with van der Waals surface area (Å²) in [4.78, 5) is 0. The van der Waals surface area contributed by atoms with Crippen molar-refractivity contribution in [1.82, 2.24) is 0 Å². The van der Waals surface area contributed by atoms with Crippen LogP contribution in [0, 0.1) is 0 Å². The first-order valence-corrected chi connectivity index (χ1v) is 7.75. The molecule has 0 spiro atoms. The van der Waals surface area contributed by atoms with Crippen molar-refractivity contribution in [2.24, 2.45) is 0 Å². The molecule has 0 aromatic heterocycles. The van der Waals surface area contributed by atoms with E-state index in [1.54, 1.807) is 0 Å². The molecule has 1 fully saturated rings. The van der Waals surface area contributed by atoms with Crippen molar-refractivity contribution in [3.05, 3.63) is 42.0 Å². The molecular weight excluding hydrogens is 232 g/mol. The Morgan fingerprint density at radius 3 is 2.56 bits per heavy atom. The SMILES string of the molecule is CC1(CC=Cc2ccccc2)SCCCS1. The Balaban J connectivity index is 1.89. The van der Waals surface area contributed by atoms with Crippen LogP contribution in [-0.4, -0.2) is 15.6 Å². The second kappa shape index (κ2) is 5.83. The van der Waals surface area contributed by atoms with Gasteiger partial charge in [-0.2, -0.15) is 0 Å². The number of hydrogen-bond acceptors (Lipinski definition) is 2. The predicted molar refractivity (Wildman–Crippen MR) is 78.0 cm³/mol. The molecule has 0 amide bonds. The zero-order chi connectivity index (χ0) is 11.3. The smallest absolute Gasteiger partial charge is 0.0617 e. The minimum Gasteiger partial charge on any atom is -0.144 e. The lowest BCUT2D eigenvalue weighted by Crippen LogP contribution is -2.19. The van der Waals surface area contributed by atoms with E-state index in [1.807, 2.05) is 0 Å². The van der Waals surface area contributed by atoms with Gasteiger partial charge in [-0.05, 0) is 36.8 Å². The fourth-order valence-electron chi connectivity index (χ4n) is 1.77. The van der Waals surface area contributed by atoms with Crippen LogP contribution in [0.25, 0.3) is 6.08 Å². The summed E-state index contributed by atoms with van der Waals surface area (Å²) in [6, 6.07) is 10.5. The van der Waals surface area contributed by atoms with E-state index in [0.717, 1.165) is 6.42 Å². The third-order valence-electron chi connectivity index (χ3n) is 2.70. The largest absolute Gasteiger partial charge is 0.144 e. The first-order valence-electron chi connectivity index (χ1n) is 5.78. The molecular formula is C14H18S2. The molecule has 0 atom stereocenters. The molecule has 1 aromatic carbocycles. The molecule has 0 unspecified atom stereocenters. The number of rotatable bonds is 3. The third kappa shape index (κ3) is 3.60. The summed E-state index contributed by atoms with van der Waals surface area (Å²) in [5.41, 5.74) is 1.30. The highest BCUT2D eigenvalue weighted by Crippen LogP contribution is 2.44. The van der Waals surface area contributed by atoms with Gasteiger partial charge in [0.05, 0.1) is 4.08 Å². The quantitative estimate of drug-likeness (QED) is 0.764. The van der Waals surface area contributed by atoms with Crippen LogP contribution in [0.3, 0.4) is 0 Å². The standard InChI is InChI=1S/C14H18S2/c1-14(15-11-6-12-16-14)10-5-9-13-7-3-2-4-8-13/h2-5,7-9H,6,10-12H2,1H3. The lowest BCUT2D eigenvalue weighted by Gasteiger charge is -2.31. The van der Waals surface area contributed by atoms with Crippen molar-refractivity contribution >= 4 is 29.6 Å². The molecule has 0 N–H and O–H groups in total. The van der Waals surface area contributed by atoms with Gasteiger partial charge in [0.25, 0.3) is 0 Å². The Bertz CT molecular complexity index is 337. The van der Waals surface area contributed by atoms with Crippen molar-refractivity contribution in [3.8, 4) is 0 Å². The van der Waals surface area contributed by atoms with Gasteiger partial charge in [0.2, 0.25) is 0 Å². The normalized spacial score (nSPS) is 20.1. The molecule has 1 saturated heterocycles. The highest BCUT2D eigenvalue weighted by atomic mass is 32.2. The van der Waals surface area contributed by atoms with Crippen molar-refractivity contribution in [2.75, 3.05) is 11.5 Å². The average molecular weight is 250 g/mol. The fraction of sp³-hybridized carbons (Fsp3) is 0.429. The predicted octanol–water partition coefficient (Wildman–Crippen LogP) is 4.68. The first-order chi connectivity index (χ1) is 7.79. The maximum absolute atomic E-state index is 2.37. The monoisotopic (exact) mass is 250 g/mol. The van der Waals surface area contributed by atoms with Gasteiger partial charge in [0, 0.05) is 0 Å². The zero-order valence-corrected chi connectivity index (χ0v) is 11.3. The van der Waals surface area contributed by atoms with Gasteiger partial charge in [0.1, 0.15) is 0 Å². The summed E-state index contributed by atoms with van der Waals surface area (Å²) in [7, 11) is 0. The van der Waals surface area contributed by atoms with Crippen LogP contribution in [0.15, 0.2) is 36.4 Å². The zero-order valence-electron chi connectivity index (χ0n) is 9.69. The van der Waals surface area contributed by atoms with Crippen LogP contribution in [0.2, 0.25) is 0 Å². The van der Waals surface area contributed by atoms with E-state index < -0.39 is 0 Å². The lowest BCUT2D eigenvalue weighted by atomic mass is 10.2. The lowest BCUT2D eigenvalue weighted by molar-refractivity contribution is 0.890. The van der Waals surface area contributed by atoms with Gasteiger partial charge in [-0.15, -0.1) is 23.5 Å². The van der Waals surface area contributed by atoms with Gasteiger partial charge in [-0.3, -0.25) is 0 Å². The van der Waals surface area contributed by atoms with E-state index >= 15 is 0 Å². The topological polar surface area (TPSA) is 0 Å². The maximum atomic E-state index is 2.37. The van der Waals surface area contributed by atoms with Crippen molar-refractivity contribution in [1.29, 1.82) is 0 Å². The summed E-state index contributed by atoms with van der Waals surface area (Å²) >= 11 is 4.22. The van der Waals surface area contributed by atoms with E-state index in [2.05, 4.69) is 72.9 Å². The second-order valence-electron chi connectivity index (χ2n) is 4.20. The molecule has 2 rings (SSSR count). The Kier molecular flexibility index (Phi) is 4.42. The molecule has 1 aliphatic rings. The third-order valence-corrected chi connectivity index (χ3v) is 5.95. The van der Waals surface area contributed by atoms with Gasteiger partial charge >= 0.3 is 0 Å². The van der Waals surface area contributed by atoms with Crippen LogP contribution < -0.4 is 0 Å². The molecule has 0 bridgehead atoms. The van der Waals surface area contributed by atoms with E-state index in [4.69, 9.17) is 0 Å². The van der Waals surface area contributed by atoms with Gasteiger partial charge in [0.15, 0.2) is 0 Å². The van der Waals surface area contributed by atoms with Gasteiger partial charge in [-0.1, -0.05) is 42.5 Å². The van der Waals surface area contributed by atoms with Crippen LogP contribution in [0.1, 0.15) is 25.3 Å². The molecule has 0 nitrogen and oxygen atoms in total. The minimum atomic E-state index is 0.406. The number of thioether (sulfide) groups is 2. The highest BCUT2D eigenvalue weighted by Gasteiger charge is 2.26. The van der Waals surface area contributed by atoms with Crippen LogP contribution in [0.5, 0.6) is 0 Å². The average Bonchev–Trinajstić information content (AvgIpc) is 2.31. The van der Waals surface area contributed by atoms with Crippen LogP contribution >= 0.6 is 23.5 Å². The number of benzene rings is 1. The highest BCUT2D eigenvalue weighted by molar-refractivity contribution is 8.18. The van der Waals surface area contributed by atoms with Gasteiger partial charge in [-0.25, -0.2) is 0 Å². The molecule has 16 heavy (non-hydrogen) atoms. The van der Waals surface area contributed by atoms with E-state index in [9.17, 15) is 0 Å². The summed E-state index contributed by atoms with van der Waals surface area (Å²) < 4.78 is 0.406. The Morgan fingerprint density at radius 1 is 1.19 bits per heavy atom. The summed E-state index contributed by atoms with van der Waals surface area (Å²) in [5, 5.41) is 0. The first kappa shape index (κ1) is 12.1. The van der Waals surface area contributed by atoms with Crippen molar-refractivity contribution in [3.63, 3.8) is 0 Å². The Labute approximate surface area is 107 Å². The number of hydrogen-bond donors (Lipinski definition) is 0. The molecule has 1 aromatic rings. The van der Waals surface area contributed by atoms with Crippen LogP contribution in [-0.2, 0) is 0 Å². The molecule has 0 radical (unpaired) electrons. The molecule has 2 heteroatoms. The summed E-state index contributed by atoms with van der Waals surface area (Å²) in [6.45, 7) is 2.37. The maximum Gasteiger partial charge on any atom is 0.0617 e. The Hall–Kier alpha value is -0.340. The van der Waals surface area contributed by atoms with Crippen molar-refractivity contribution in [2.45, 2.75) is 23.8 Å². The summed E-state index contributed by atoms with van der Waals surface area (Å²) in [5.74, 6) is 2.64. The number of allylic oxidation sites excluding steroid dienone is 1.